The number of carbonyl (C=O) groups is 1. The zero-order chi connectivity index (χ0) is 21.0. The van der Waals surface area contributed by atoms with Crippen LogP contribution in [0.4, 0.5) is 22.7 Å². The highest BCUT2D eigenvalue weighted by atomic mass is 35.5. The molecule has 3 aromatic rings. The van der Waals surface area contributed by atoms with Crippen molar-refractivity contribution in [2.45, 2.75) is 13.3 Å². The molecule has 152 valence electrons. The number of rotatable bonds is 8. The largest absolute Gasteiger partial charge is 0.466 e. The highest BCUT2D eigenvalue weighted by Crippen LogP contribution is 2.36. The van der Waals surface area contributed by atoms with Crippen molar-refractivity contribution in [2.75, 3.05) is 23.8 Å². The minimum atomic E-state index is -0.557. The lowest BCUT2D eigenvalue weighted by atomic mass is 10.2. The van der Waals surface area contributed by atoms with Gasteiger partial charge in [0.1, 0.15) is 5.69 Å². The average Bonchev–Trinajstić information content (AvgIpc) is 3.03. The second-order valence-corrected chi connectivity index (χ2v) is 6.46. The monoisotopic (exact) mass is 419 g/mol. The Labute approximate surface area is 169 Å². The van der Waals surface area contributed by atoms with Gasteiger partial charge in [-0.05, 0) is 31.2 Å². The molecule has 4 N–H and O–H groups in total. The van der Waals surface area contributed by atoms with Gasteiger partial charge in [0, 0.05) is 18.3 Å². The molecule has 0 saturated carbocycles. The van der Waals surface area contributed by atoms with Crippen molar-refractivity contribution in [1.29, 1.82) is 0 Å². The number of carbonyl (C=O) groups excluding carboxylic acids is 1. The van der Waals surface area contributed by atoms with Crippen LogP contribution in [0, 0.1) is 10.1 Å². The molecule has 0 spiro atoms. The number of H-pyrrole nitrogens is 2. The molecule has 11 heteroatoms. The third-order valence-electron chi connectivity index (χ3n) is 4.03. The van der Waals surface area contributed by atoms with Crippen molar-refractivity contribution in [3.05, 3.63) is 56.0 Å². The number of benzene rings is 2. The number of halogens is 1. The van der Waals surface area contributed by atoms with Crippen LogP contribution in [0.5, 0.6) is 0 Å². The Morgan fingerprint density at radius 3 is 2.69 bits per heavy atom. The number of nitrogens with zero attached hydrogens (tertiary/aromatic N) is 1. The second-order valence-electron chi connectivity index (χ2n) is 6.05. The van der Waals surface area contributed by atoms with Crippen molar-refractivity contribution in [3.63, 3.8) is 0 Å². The lowest BCUT2D eigenvalue weighted by molar-refractivity contribution is -0.383. The van der Waals surface area contributed by atoms with Crippen molar-refractivity contribution in [3.8, 4) is 0 Å². The molecule has 2 aromatic carbocycles. The van der Waals surface area contributed by atoms with Gasteiger partial charge in [0.25, 0.3) is 5.69 Å². The predicted octanol–water partition coefficient (Wildman–Crippen LogP) is 3.53. The molecule has 1 heterocycles. The van der Waals surface area contributed by atoms with Crippen LogP contribution < -0.4 is 16.3 Å². The molecule has 0 aliphatic carbocycles. The van der Waals surface area contributed by atoms with Gasteiger partial charge in [0.15, 0.2) is 0 Å². The predicted molar refractivity (Wildman–Crippen MR) is 110 cm³/mol. The van der Waals surface area contributed by atoms with Crippen LogP contribution in [-0.2, 0) is 9.53 Å². The van der Waals surface area contributed by atoms with Crippen LogP contribution in [0.15, 0.2) is 35.1 Å². The lowest BCUT2D eigenvalue weighted by Gasteiger charge is -2.13. The van der Waals surface area contributed by atoms with Gasteiger partial charge in [-0.15, -0.1) is 0 Å². The molecule has 0 aliphatic rings. The minimum Gasteiger partial charge on any atom is -0.466 e. The molecular weight excluding hydrogens is 402 g/mol. The molecule has 0 fully saturated rings. The van der Waals surface area contributed by atoms with Crippen LogP contribution in [-0.4, -0.2) is 34.0 Å². The van der Waals surface area contributed by atoms with Crippen molar-refractivity contribution in [2.24, 2.45) is 0 Å². The van der Waals surface area contributed by atoms with Crippen molar-refractivity contribution >= 4 is 51.4 Å². The number of anilines is 3. The molecular formula is C18H18ClN5O5. The number of hydrogen-bond donors (Lipinski definition) is 4. The zero-order valence-electron chi connectivity index (χ0n) is 15.4. The summed E-state index contributed by atoms with van der Waals surface area (Å²) in [6.45, 7) is 2.13. The smallest absolute Gasteiger partial charge is 0.323 e. The molecule has 29 heavy (non-hydrogen) atoms. The van der Waals surface area contributed by atoms with Gasteiger partial charge in [0.2, 0.25) is 0 Å². The summed E-state index contributed by atoms with van der Waals surface area (Å²) in [5.74, 6) is -0.399. The van der Waals surface area contributed by atoms with Crippen molar-refractivity contribution < 1.29 is 14.5 Å². The van der Waals surface area contributed by atoms with E-state index in [4.69, 9.17) is 16.3 Å². The molecule has 0 saturated heterocycles. The first kappa shape index (κ1) is 20.2. The summed E-state index contributed by atoms with van der Waals surface area (Å²) in [5.41, 5.74) is 1.98. The summed E-state index contributed by atoms with van der Waals surface area (Å²) in [4.78, 5) is 38.9. The average molecular weight is 420 g/mol. The van der Waals surface area contributed by atoms with E-state index in [1.807, 2.05) is 0 Å². The first-order valence-electron chi connectivity index (χ1n) is 8.74. The lowest BCUT2D eigenvalue weighted by Crippen LogP contribution is -2.12. The van der Waals surface area contributed by atoms with E-state index in [1.165, 1.54) is 12.1 Å². The molecule has 0 bridgehead atoms. The number of imidazole rings is 1. The molecule has 0 atom stereocenters. The Hall–Kier alpha value is -3.53. The third-order valence-corrected chi connectivity index (χ3v) is 4.34. The van der Waals surface area contributed by atoms with E-state index >= 15 is 0 Å². The van der Waals surface area contributed by atoms with E-state index in [9.17, 15) is 19.7 Å². The number of nitro groups is 1. The summed E-state index contributed by atoms with van der Waals surface area (Å²) < 4.78 is 4.84. The third kappa shape index (κ3) is 4.85. The molecule has 10 nitrogen and oxygen atoms in total. The van der Waals surface area contributed by atoms with E-state index in [0.717, 1.165) is 0 Å². The van der Waals surface area contributed by atoms with Crippen LogP contribution in [0.2, 0.25) is 5.02 Å². The summed E-state index contributed by atoms with van der Waals surface area (Å²) in [5, 5.41) is 17.5. The number of nitro benzene ring substituents is 1. The van der Waals surface area contributed by atoms with Crippen LogP contribution in [0.3, 0.4) is 0 Å². The second kappa shape index (κ2) is 8.65. The fourth-order valence-corrected chi connectivity index (χ4v) is 2.95. The van der Waals surface area contributed by atoms with Gasteiger partial charge < -0.3 is 25.3 Å². The van der Waals surface area contributed by atoms with E-state index in [2.05, 4.69) is 20.6 Å². The summed E-state index contributed by atoms with van der Waals surface area (Å²) in [6, 6.07) is 7.88. The van der Waals surface area contributed by atoms with Crippen LogP contribution in [0.25, 0.3) is 11.0 Å². The van der Waals surface area contributed by atoms with Gasteiger partial charge in [-0.3, -0.25) is 14.9 Å². The Morgan fingerprint density at radius 1 is 1.21 bits per heavy atom. The van der Waals surface area contributed by atoms with Gasteiger partial charge in [0.05, 0.1) is 39.7 Å². The highest BCUT2D eigenvalue weighted by Gasteiger charge is 2.18. The van der Waals surface area contributed by atoms with Crippen LogP contribution in [0.1, 0.15) is 13.3 Å². The number of aromatic nitrogens is 2. The Balaban J connectivity index is 1.84. The standard InChI is InChI=1S/C18H18ClN5O5/c1-2-29-17(25)5-6-20-15-9-13(11(19)8-16(15)24(27)28)21-10-3-4-12-14(7-10)23-18(26)22-12/h3-4,7-9,20-21H,2,5-6H2,1H3,(H2,22,23,26). The molecule has 0 unspecified atom stereocenters. The molecule has 3 rings (SSSR count). The molecule has 1 aromatic heterocycles. The zero-order valence-corrected chi connectivity index (χ0v) is 16.1. The molecule has 0 aliphatic heterocycles. The maximum absolute atomic E-state index is 11.5. The topological polar surface area (TPSA) is 142 Å². The maximum Gasteiger partial charge on any atom is 0.323 e. The van der Waals surface area contributed by atoms with E-state index in [-0.39, 0.29) is 41.7 Å². The number of nitrogens with one attached hydrogen (secondary N) is 4. The number of fused-ring (bicyclic) bond motifs is 1. The Bertz CT molecular complexity index is 1120. The van der Waals surface area contributed by atoms with E-state index < -0.39 is 10.9 Å². The first-order valence-corrected chi connectivity index (χ1v) is 9.11. The fraction of sp³-hybridized carbons (Fsp3) is 0.222. The fourth-order valence-electron chi connectivity index (χ4n) is 2.75. The van der Waals surface area contributed by atoms with Gasteiger partial charge >= 0.3 is 11.7 Å². The number of aromatic amines is 2. The normalized spacial score (nSPS) is 10.7. The molecule has 0 amide bonds. The van der Waals surface area contributed by atoms with Gasteiger partial charge in [-0.25, -0.2) is 4.79 Å². The number of ether oxygens (including phenoxy) is 1. The van der Waals surface area contributed by atoms with Crippen LogP contribution >= 0.6 is 11.6 Å². The summed E-state index contributed by atoms with van der Waals surface area (Å²) in [6.07, 6.45) is 0.0634. The highest BCUT2D eigenvalue weighted by molar-refractivity contribution is 6.33. The maximum atomic E-state index is 11.5. The summed E-state index contributed by atoms with van der Waals surface area (Å²) >= 11 is 6.21. The SMILES string of the molecule is CCOC(=O)CCNc1cc(Nc2ccc3[nH]c(=O)[nH]c3c2)c(Cl)cc1[N+](=O)[O-]. The Morgan fingerprint density at radius 2 is 1.97 bits per heavy atom. The first-order chi connectivity index (χ1) is 13.9. The quantitative estimate of drug-likeness (QED) is 0.248. The molecule has 0 radical (unpaired) electrons. The Kier molecular flexibility index (Phi) is 6.03. The van der Waals surface area contributed by atoms with Gasteiger partial charge in [-0.2, -0.15) is 0 Å². The van der Waals surface area contributed by atoms with Gasteiger partial charge in [-0.1, -0.05) is 11.6 Å². The van der Waals surface area contributed by atoms with Crippen molar-refractivity contribution in [1.82, 2.24) is 9.97 Å². The minimum absolute atomic E-state index is 0.0634. The number of esters is 1. The van der Waals surface area contributed by atoms with E-state index in [0.29, 0.717) is 22.4 Å². The number of hydrogen-bond acceptors (Lipinski definition) is 7. The summed E-state index contributed by atoms with van der Waals surface area (Å²) in [7, 11) is 0. The van der Waals surface area contributed by atoms with E-state index in [1.54, 1.807) is 25.1 Å².